The predicted octanol–water partition coefficient (Wildman–Crippen LogP) is 3.75. The van der Waals surface area contributed by atoms with Crippen molar-refractivity contribution in [1.82, 2.24) is 9.55 Å². The molecule has 1 aliphatic carbocycles. The Morgan fingerprint density at radius 1 is 1.36 bits per heavy atom. The van der Waals surface area contributed by atoms with Gasteiger partial charge in [-0.25, -0.2) is 9.78 Å². The fourth-order valence-corrected chi connectivity index (χ4v) is 3.88. The van der Waals surface area contributed by atoms with E-state index in [0.29, 0.717) is 5.69 Å². The first-order chi connectivity index (χ1) is 12.2. The van der Waals surface area contributed by atoms with Crippen LogP contribution in [-0.4, -0.2) is 33.8 Å². The molecule has 2 atom stereocenters. The molecule has 0 N–H and O–H groups in total. The summed E-state index contributed by atoms with van der Waals surface area (Å²) in [5, 5.41) is 0. The highest BCUT2D eigenvalue weighted by Crippen LogP contribution is 2.40. The van der Waals surface area contributed by atoms with Gasteiger partial charge in [-0.1, -0.05) is 30.3 Å². The van der Waals surface area contributed by atoms with E-state index in [1.54, 1.807) is 12.5 Å². The van der Waals surface area contributed by atoms with Crippen LogP contribution < -0.4 is 0 Å². The Kier molecular flexibility index (Phi) is 4.34. The number of hydrogen-bond acceptors (Lipinski definition) is 4. The van der Waals surface area contributed by atoms with Crippen molar-refractivity contribution in [1.29, 1.82) is 0 Å². The fourth-order valence-electron chi connectivity index (χ4n) is 3.88. The van der Waals surface area contributed by atoms with E-state index in [4.69, 9.17) is 9.47 Å². The summed E-state index contributed by atoms with van der Waals surface area (Å²) in [5.41, 5.74) is 1.29. The van der Waals surface area contributed by atoms with Crippen LogP contribution in [0.3, 0.4) is 0 Å². The maximum Gasteiger partial charge on any atom is 0.357 e. The third kappa shape index (κ3) is 3.47. The quantitative estimate of drug-likeness (QED) is 0.593. The molecule has 0 amide bonds. The maximum atomic E-state index is 12.9. The molecule has 25 heavy (non-hydrogen) atoms. The number of epoxide rings is 1. The van der Waals surface area contributed by atoms with Gasteiger partial charge in [0.1, 0.15) is 11.3 Å². The minimum atomic E-state index is -0.358. The lowest BCUT2D eigenvalue weighted by Crippen LogP contribution is -2.34. The minimum absolute atomic E-state index is 0.0255. The normalized spacial score (nSPS) is 22.5. The lowest BCUT2D eigenvalue weighted by molar-refractivity contribution is -0.0237. The summed E-state index contributed by atoms with van der Waals surface area (Å²) in [5.74, 6) is -0.275. The zero-order valence-electron chi connectivity index (χ0n) is 14.6. The number of nitrogens with zero attached hydrogens (tertiary/aromatic N) is 2. The van der Waals surface area contributed by atoms with Gasteiger partial charge in [0, 0.05) is 6.42 Å². The van der Waals surface area contributed by atoms with Gasteiger partial charge in [-0.05, 0) is 38.2 Å². The van der Waals surface area contributed by atoms with Crippen LogP contribution in [0.5, 0.6) is 0 Å². The second-order valence-electron chi connectivity index (χ2n) is 7.21. The summed E-state index contributed by atoms with van der Waals surface area (Å²) in [6, 6.07) is 10.1. The third-order valence-electron chi connectivity index (χ3n) is 5.40. The average molecular weight is 340 g/mol. The third-order valence-corrected chi connectivity index (χ3v) is 5.40. The molecule has 1 saturated heterocycles. The average Bonchev–Trinajstić information content (AvgIpc) is 3.12. The monoisotopic (exact) mass is 340 g/mol. The van der Waals surface area contributed by atoms with Crippen molar-refractivity contribution < 1.29 is 14.3 Å². The number of hydrogen-bond donors (Lipinski definition) is 0. The second kappa shape index (κ2) is 6.64. The molecule has 1 aromatic heterocycles. The summed E-state index contributed by atoms with van der Waals surface area (Å²) in [6.07, 6.45) is 8.49. The SMILES string of the molecule is CC(c1ccccc1)n1cncc1C(=O)OC1(CC2CO2)CCCC1. The molecule has 2 aromatic rings. The van der Waals surface area contributed by atoms with Crippen molar-refractivity contribution >= 4 is 5.97 Å². The summed E-state index contributed by atoms with van der Waals surface area (Å²) in [4.78, 5) is 17.1. The Labute approximate surface area is 148 Å². The molecule has 1 aromatic carbocycles. The Hall–Kier alpha value is -2.14. The van der Waals surface area contributed by atoms with E-state index < -0.39 is 0 Å². The van der Waals surface area contributed by atoms with Crippen LogP contribution in [-0.2, 0) is 9.47 Å². The molecule has 2 heterocycles. The van der Waals surface area contributed by atoms with Crippen LogP contribution in [0.15, 0.2) is 42.9 Å². The first kappa shape index (κ1) is 16.3. The van der Waals surface area contributed by atoms with E-state index >= 15 is 0 Å². The van der Waals surface area contributed by atoms with Crippen molar-refractivity contribution in [3.05, 3.63) is 54.1 Å². The molecule has 2 fully saturated rings. The Balaban J connectivity index is 1.54. The van der Waals surface area contributed by atoms with Gasteiger partial charge >= 0.3 is 5.97 Å². The highest BCUT2D eigenvalue weighted by Gasteiger charge is 2.43. The summed E-state index contributed by atoms with van der Waals surface area (Å²) in [6.45, 7) is 2.86. The molecule has 2 aliphatic rings. The zero-order chi connectivity index (χ0) is 17.3. The number of aromatic nitrogens is 2. The lowest BCUT2D eigenvalue weighted by Gasteiger charge is -2.29. The zero-order valence-corrected chi connectivity index (χ0v) is 14.6. The fraction of sp³-hybridized carbons (Fsp3) is 0.500. The van der Waals surface area contributed by atoms with Crippen molar-refractivity contribution in [3.8, 4) is 0 Å². The molecule has 0 bridgehead atoms. The topological polar surface area (TPSA) is 56.7 Å². The van der Waals surface area contributed by atoms with Gasteiger partial charge < -0.3 is 14.0 Å². The van der Waals surface area contributed by atoms with Gasteiger partial charge in [0.25, 0.3) is 0 Å². The molecule has 1 saturated carbocycles. The molecule has 132 valence electrons. The standard InChI is InChI=1S/C20H24N2O3/c1-15(16-7-3-2-4-8-16)22-14-21-12-18(22)19(23)25-20(9-5-6-10-20)11-17-13-24-17/h2-4,7-8,12,14-15,17H,5-6,9-11,13H2,1H3. The van der Waals surface area contributed by atoms with E-state index in [1.807, 2.05) is 22.8 Å². The first-order valence-electron chi connectivity index (χ1n) is 9.09. The van der Waals surface area contributed by atoms with Gasteiger partial charge in [-0.2, -0.15) is 0 Å². The van der Waals surface area contributed by atoms with Crippen molar-refractivity contribution in [2.24, 2.45) is 0 Å². The van der Waals surface area contributed by atoms with E-state index in [-0.39, 0.29) is 23.7 Å². The number of carbonyl (C=O) groups is 1. The van der Waals surface area contributed by atoms with Crippen LogP contribution in [0.1, 0.15) is 61.1 Å². The highest BCUT2D eigenvalue weighted by atomic mass is 16.6. The van der Waals surface area contributed by atoms with Gasteiger partial charge in [0.15, 0.2) is 0 Å². The van der Waals surface area contributed by atoms with Crippen LogP contribution >= 0.6 is 0 Å². The number of carbonyl (C=O) groups excluding carboxylic acids is 1. The van der Waals surface area contributed by atoms with Crippen LogP contribution in [0, 0.1) is 0 Å². The number of imidazole rings is 1. The molecular weight excluding hydrogens is 316 g/mol. The number of esters is 1. The van der Waals surface area contributed by atoms with Gasteiger partial charge in [0.05, 0.1) is 31.3 Å². The number of ether oxygens (including phenoxy) is 2. The van der Waals surface area contributed by atoms with Gasteiger partial charge in [0.2, 0.25) is 0 Å². The smallest absolute Gasteiger partial charge is 0.357 e. The van der Waals surface area contributed by atoms with Crippen molar-refractivity contribution in [3.63, 3.8) is 0 Å². The van der Waals surface area contributed by atoms with Crippen LogP contribution in [0.2, 0.25) is 0 Å². The van der Waals surface area contributed by atoms with E-state index in [0.717, 1.165) is 44.3 Å². The Bertz CT molecular complexity index is 730. The van der Waals surface area contributed by atoms with E-state index in [1.165, 1.54) is 0 Å². The first-order valence-corrected chi connectivity index (χ1v) is 9.09. The molecule has 1 aliphatic heterocycles. The Morgan fingerprint density at radius 2 is 2.08 bits per heavy atom. The molecule has 2 unspecified atom stereocenters. The van der Waals surface area contributed by atoms with Gasteiger partial charge in [-0.15, -0.1) is 0 Å². The van der Waals surface area contributed by atoms with Crippen LogP contribution in [0.25, 0.3) is 0 Å². The molecular formula is C20H24N2O3. The summed E-state index contributed by atoms with van der Waals surface area (Å²) < 4.78 is 13.3. The molecule has 5 nitrogen and oxygen atoms in total. The molecule has 4 rings (SSSR count). The highest BCUT2D eigenvalue weighted by molar-refractivity contribution is 5.87. The Morgan fingerprint density at radius 3 is 2.76 bits per heavy atom. The number of rotatable bonds is 6. The second-order valence-corrected chi connectivity index (χ2v) is 7.21. The maximum absolute atomic E-state index is 12.9. The van der Waals surface area contributed by atoms with Crippen molar-refractivity contribution in [2.75, 3.05) is 6.61 Å². The lowest BCUT2D eigenvalue weighted by atomic mass is 9.95. The predicted molar refractivity (Wildman–Crippen MR) is 93.5 cm³/mol. The molecule has 5 heteroatoms. The van der Waals surface area contributed by atoms with Crippen LogP contribution in [0.4, 0.5) is 0 Å². The van der Waals surface area contributed by atoms with Gasteiger partial charge in [-0.3, -0.25) is 0 Å². The largest absolute Gasteiger partial charge is 0.454 e. The minimum Gasteiger partial charge on any atom is -0.454 e. The van der Waals surface area contributed by atoms with E-state index in [9.17, 15) is 4.79 Å². The summed E-state index contributed by atoms with van der Waals surface area (Å²) >= 11 is 0. The summed E-state index contributed by atoms with van der Waals surface area (Å²) in [7, 11) is 0. The number of benzene rings is 1. The van der Waals surface area contributed by atoms with Crippen molar-refractivity contribution in [2.45, 2.75) is 56.8 Å². The molecule has 0 radical (unpaired) electrons. The molecule has 0 spiro atoms. The van der Waals surface area contributed by atoms with E-state index in [2.05, 4.69) is 24.0 Å².